The molecule has 1 aromatic heterocycles. The Balaban J connectivity index is 2.20. The number of nitrogens with zero attached hydrogens (tertiary/aromatic N) is 2. The van der Waals surface area contributed by atoms with E-state index in [4.69, 9.17) is 27.9 Å². The summed E-state index contributed by atoms with van der Waals surface area (Å²) in [5.74, 6) is 0.814. The molecule has 0 radical (unpaired) electrons. The zero-order chi connectivity index (χ0) is 13.8. The molecule has 19 heavy (non-hydrogen) atoms. The standard InChI is InChI=1S/C14H14Cl2N2O/c1-18(10-4-3-5-11(8-10)19-2)9-13-12(15)6-7-14(16)17-13/h3-8H,9H2,1-2H3. The average molecular weight is 297 g/mol. The number of methoxy groups -OCH3 is 1. The minimum Gasteiger partial charge on any atom is -0.497 e. The molecule has 1 aromatic carbocycles. The number of benzene rings is 1. The maximum atomic E-state index is 6.11. The first-order valence-corrected chi connectivity index (χ1v) is 6.52. The van der Waals surface area contributed by atoms with Crippen molar-refractivity contribution in [2.45, 2.75) is 6.54 Å². The fraction of sp³-hybridized carbons (Fsp3) is 0.214. The minimum absolute atomic E-state index is 0.443. The first kappa shape index (κ1) is 14.0. The van der Waals surface area contributed by atoms with E-state index < -0.39 is 0 Å². The Morgan fingerprint density at radius 2 is 2.00 bits per heavy atom. The molecule has 1 heterocycles. The van der Waals surface area contributed by atoms with Crippen molar-refractivity contribution in [3.05, 3.63) is 52.3 Å². The van der Waals surface area contributed by atoms with E-state index in [1.54, 1.807) is 19.2 Å². The highest BCUT2D eigenvalue weighted by atomic mass is 35.5. The van der Waals surface area contributed by atoms with Crippen LogP contribution in [0.3, 0.4) is 0 Å². The summed E-state index contributed by atoms with van der Waals surface area (Å²) < 4.78 is 5.21. The molecule has 0 saturated heterocycles. The predicted molar refractivity (Wildman–Crippen MR) is 79.4 cm³/mol. The minimum atomic E-state index is 0.443. The SMILES string of the molecule is COc1cccc(N(C)Cc2nc(Cl)ccc2Cl)c1. The Morgan fingerprint density at radius 3 is 2.74 bits per heavy atom. The molecule has 2 rings (SSSR count). The van der Waals surface area contributed by atoms with Crippen molar-refractivity contribution in [2.24, 2.45) is 0 Å². The molecular weight excluding hydrogens is 283 g/mol. The van der Waals surface area contributed by atoms with E-state index in [-0.39, 0.29) is 0 Å². The van der Waals surface area contributed by atoms with Crippen LogP contribution >= 0.6 is 23.2 Å². The number of halogens is 2. The molecule has 0 unspecified atom stereocenters. The molecule has 100 valence electrons. The van der Waals surface area contributed by atoms with E-state index >= 15 is 0 Å². The van der Waals surface area contributed by atoms with Gasteiger partial charge in [0.15, 0.2) is 0 Å². The highest BCUT2D eigenvalue weighted by molar-refractivity contribution is 6.32. The van der Waals surface area contributed by atoms with E-state index in [1.807, 2.05) is 36.2 Å². The van der Waals surface area contributed by atoms with Crippen LogP contribution in [0.5, 0.6) is 5.75 Å². The molecule has 0 aliphatic carbocycles. The van der Waals surface area contributed by atoms with Gasteiger partial charge >= 0.3 is 0 Å². The number of hydrogen-bond acceptors (Lipinski definition) is 3. The summed E-state index contributed by atoms with van der Waals surface area (Å²) in [6, 6.07) is 11.2. The summed E-state index contributed by atoms with van der Waals surface area (Å²) in [5, 5.41) is 1.05. The third kappa shape index (κ3) is 3.52. The van der Waals surface area contributed by atoms with Crippen molar-refractivity contribution in [3.63, 3.8) is 0 Å². The summed E-state index contributed by atoms with van der Waals surface area (Å²) in [5.41, 5.74) is 1.77. The van der Waals surface area contributed by atoms with Crippen LogP contribution < -0.4 is 9.64 Å². The van der Waals surface area contributed by atoms with Crippen molar-refractivity contribution >= 4 is 28.9 Å². The van der Waals surface area contributed by atoms with Crippen molar-refractivity contribution in [1.82, 2.24) is 4.98 Å². The smallest absolute Gasteiger partial charge is 0.129 e. The fourth-order valence-corrected chi connectivity index (χ4v) is 2.06. The molecule has 5 heteroatoms. The van der Waals surface area contributed by atoms with Gasteiger partial charge in [-0.25, -0.2) is 4.98 Å². The maximum Gasteiger partial charge on any atom is 0.129 e. The average Bonchev–Trinajstić information content (AvgIpc) is 2.43. The highest BCUT2D eigenvalue weighted by Gasteiger charge is 2.08. The van der Waals surface area contributed by atoms with Gasteiger partial charge in [0.2, 0.25) is 0 Å². The molecular formula is C14H14Cl2N2O. The van der Waals surface area contributed by atoms with Crippen LogP contribution in [-0.4, -0.2) is 19.1 Å². The van der Waals surface area contributed by atoms with Crippen LogP contribution in [0.15, 0.2) is 36.4 Å². The molecule has 3 nitrogen and oxygen atoms in total. The van der Waals surface area contributed by atoms with Crippen LogP contribution in [0, 0.1) is 0 Å². The molecule has 0 aliphatic heterocycles. The van der Waals surface area contributed by atoms with Crippen LogP contribution in [0.2, 0.25) is 10.2 Å². The number of ether oxygens (including phenoxy) is 1. The second-order valence-electron chi connectivity index (χ2n) is 4.12. The molecule has 0 fully saturated rings. The Labute approximate surface area is 122 Å². The van der Waals surface area contributed by atoms with Gasteiger partial charge in [-0.3, -0.25) is 0 Å². The first-order valence-electron chi connectivity index (χ1n) is 5.76. The van der Waals surface area contributed by atoms with Crippen molar-refractivity contribution in [3.8, 4) is 5.75 Å². The Morgan fingerprint density at radius 1 is 1.21 bits per heavy atom. The molecule has 0 spiro atoms. The monoisotopic (exact) mass is 296 g/mol. The topological polar surface area (TPSA) is 25.4 Å². The summed E-state index contributed by atoms with van der Waals surface area (Å²) in [7, 11) is 3.61. The summed E-state index contributed by atoms with van der Waals surface area (Å²) in [4.78, 5) is 6.28. The number of aromatic nitrogens is 1. The molecule has 0 atom stereocenters. The first-order chi connectivity index (χ1) is 9.10. The van der Waals surface area contributed by atoms with Crippen LogP contribution in [0.4, 0.5) is 5.69 Å². The Bertz CT molecular complexity index is 575. The Hall–Kier alpha value is -1.45. The molecule has 0 amide bonds. The summed E-state index contributed by atoms with van der Waals surface area (Å²) >= 11 is 12.0. The van der Waals surface area contributed by atoms with Crippen molar-refractivity contribution in [2.75, 3.05) is 19.1 Å². The molecule has 0 saturated carbocycles. The van der Waals surface area contributed by atoms with Gasteiger partial charge in [-0.2, -0.15) is 0 Å². The zero-order valence-electron chi connectivity index (χ0n) is 10.7. The van der Waals surface area contributed by atoms with Crippen molar-refractivity contribution < 1.29 is 4.74 Å². The fourth-order valence-electron chi connectivity index (χ4n) is 1.73. The number of anilines is 1. The number of hydrogen-bond donors (Lipinski definition) is 0. The lowest BCUT2D eigenvalue weighted by atomic mass is 10.2. The molecule has 0 aliphatic rings. The quantitative estimate of drug-likeness (QED) is 0.797. The van der Waals surface area contributed by atoms with E-state index in [1.165, 1.54) is 0 Å². The van der Waals surface area contributed by atoms with Gasteiger partial charge in [0.25, 0.3) is 0 Å². The highest BCUT2D eigenvalue weighted by Crippen LogP contribution is 2.23. The van der Waals surface area contributed by atoms with Gasteiger partial charge in [0, 0.05) is 18.8 Å². The molecule has 0 N–H and O–H groups in total. The second-order valence-corrected chi connectivity index (χ2v) is 4.91. The molecule has 0 bridgehead atoms. The van der Waals surface area contributed by atoms with Crippen LogP contribution in [-0.2, 0) is 6.54 Å². The number of rotatable bonds is 4. The van der Waals surface area contributed by atoms with Gasteiger partial charge in [0.05, 0.1) is 24.4 Å². The largest absolute Gasteiger partial charge is 0.497 e. The predicted octanol–water partition coefficient (Wildman–Crippen LogP) is 4.03. The molecule has 2 aromatic rings. The lowest BCUT2D eigenvalue weighted by molar-refractivity contribution is 0.415. The van der Waals surface area contributed by atoms with Crippen LogP contribution in [0.1, 0.15) is 5.69 Å². The maximum absolute atomic E-state index is 6.11. The lowest BCUT2D eigenvalue weighted by Crippen LogP contribution is -2.17. The van der Waals surface area contributed by atoms with Gasteiger partial charge in [-0.15, -0.1) is 0 Å². The van der Waals surface area contributed by atoms with Crippen molar-refractivity contribution in [1.29, 1.82) is 0 Å². The normalized spacial score (nSPS) is 10.3. The second kappa shape index (κ2) is 6.13. The van der Waals surface area contributed by atoms with E-state index in [2.05, 4.69) is 4.98 Å². The van der Waals surface area contributed by atoms with Crippen LogP contribution in [0.25, 0.3) is 0 Å². The number of pyridine rings is 1. The van der Waals surface area contributed by atoms with E-state index in [0.29, 0.717) is 16.7 Å². The van der Waals surface area contributed by atoms with Gasteiger partial charge in [-0.1, -0.05) is 29.3 Å². The Kier molecular flexibility index (Phi) is 4.51. The van der Waals surface area contributed by atoms with Gasteiger partial charge in [0.1, 0.15) is 10.9 Å². The van der Waals surface area contributed by atoms with Gasteiger partial charge in [-0.05, 0) is 24.3 Å². The van der Waals surface area contributed by atoms with Gasteiger partial charge < -0.3 is 9.64 Å². The summed E-state index contributed by atoms with van der Waals surface area (Å²) in [6.45, 7) is 0.576. The van der Waals surface area contributed by atoms with E-state index in [0.717, 1.165) is 17.1 Å². The van der Waals surface area contributed by atoms with E-state index in [9.17, 15) is 0 Å². The lowest BCUT2D eigenvalue weighted by Gasteiger charge is -2.20. The zero-order valence-corrected chi connectivity index (χ0v) is 12.2. The third-order valence-electron chi connectivity index (χ3n) is 2.77. The third-order valence-corrected chi connectivity index (χ3v) is 3.32. The summed E-state index contributed by atoms with van der Waals surface area (Å²) in [6.07, 6.45) is 0.